The Morgan fingerprint density at radius 3 is 2.73 bits per heavy atom. The van der Waals surface area contributed by atoms with E-state index >= 15 is 0 Å². The van der Waals surface area contributed by atoms with Crippen molar-refractivity contribution >= 4 is 11.7 Å². The lowest BCUT2D eigenvalue weighted by molar-refractivity contribution is -0.135. The Morgan fingerprint density at radius 2 is 2.20 bits per heavy atom. The van der Waals surface area contributed by atoms with Crippen molar-refractivity contribution in [2.24, 2.45) is 4.99 Å². The van der Waals surface area contributed by atoms with E-state index in [1.807, 2.05) is 0 Å². The van der Waals surface area contributed by atoms with Gasteiger partial charge in [0.15, 0.2) is 0 Å². The molecule has 0 aliphatic rings. The summed E-state index contributed by atoms with van der Waals surface area (Å²) in [5.74, 6) is -1.25. The Balaban J connectivity index is 2.91. The predicted octanol–water partition coefficient (Wildman–Crippen LogP) is 2.03. The van der Waals surface area contributed by atoms with E-state index < -0.39 is 5.97 Å². The van der Waals surface area contributed by atoms with E-state index in [1.165, 1.54) is 6.07 Å². The summed E-state index contributed by atoms with van der Waals surface area (Å²) >= 11 is 0. The SMILES string of the molecule is CC(=NCC(=O)O)c1ccc(F)c(C)c1. The molecule has 0 spiro atoms. The van der Waals surface area contributed by atoms with Gasteiger partial charge in [0.25, 0.3) is 0 Å². The molecule has 15 heavy (non-hydrogen) atoms. The quantitative estimate of drug-likeness (QED) is 0.774. The van der Waals surface area contributed by atoms with Gasteiger partial charge in [-0.1, -0.05) is 6.07 Å². The highest BCUT2D eigenvalue weighted by molar-refractivity contribution is 5.99. The van der Waals surface area contributed by atoms with Gasteiger partial charge >= 0.3 is 5.97 Å². The van der Waals surface area contributed by atoms with Gasteiger partial charge in [0.2, 0.25) is 0 Å². The van der Waals surface area contributed by atoms with Crippen LogP contribution in [0.1, 0.15) is 18.1 Å². The zero-order valence-electron chi connectivity index (χ0n) is 8.62. The average Bonchev–Trinajstić information content (AvgIpc) is 2.18. The summed E-state index contributed by atoms with van der Waals surface area (Å²) in [5, 5.41) is 8.44. The first kappa shape index (κ1) is 11.4. The smallest absolute Gasteiger partial charge is 0.325 e. The van der Waals surface area contributed by atoms with Gasteiger partial charge in [0, 0.05) is 5.71 Å². The summed E-state index contributed by atoms with van der Waals surface area (Å²) in [6.07, 6.45) is 0. The highest BCUT2D eigenvalue weighted by Crippen LogP contribution is 2.10. The number of nitrogens with zero attached hydrogens (tertiary/aromatic N) is 1. The van der Waals surface area contributed by atoms with E-state index in [0.29, 0.717) is 11.3 Å². The van der Waals surface area contributed by atoms with Crippen LogP contribution in [-0.4, -0.2) is 23.3 Å². The van der Waals surface area contributed by atoms with Gasteiger partial charge in [-0.05, 0) is 37.1 Å². The number of benzene rings is 1. The van der Waals surface area contributed by atoms with Crippen molar-refractivity contribution in [3.05, 3.63) is 35.1 Å². The van der Waals surface area contributed by atoms with E-state index in [1.54, 1.807) is 26.0 Å². The fraction of sp³-hybridized carbons (Fsp3) is 0.273. The van der Waals surface area contributed by atoms with Gasteiger partial charge in [-0.25, -0.2) is 4.39 Å². The van der Waals surface area contributed by atoms with Gasteiger partial charge in [-0.15, -0.1) is 0 Å². The second-order valence-electron chi connectivity index (χ2n) is 3.26. The van der Waals surface area contributed by atoms with Crippen molar-refractivity contribution in [2.75, 3.05) is 6.54 Å². The molecule has 0 aromatic heterocycles. The zero-order valence-corrected chi connectivity index (χ0v) is 8.62. The van der Waals surface area contributed by atoms with E-state index in [2.05, 4.69) is 4.99 Å². The lowest BCUT2D eigenvalue weighted by Gasteiger charge is -2.02. The monoisotopic (exact) mass is 209 g/mol. The third-order valence-electron chi connectivity index (χ3n) is 2.03. The Morgan fingerprint density at radius 1 is 1.53 bits per heavy atom. The summed E-state index contributed by atoms with van der Waals surface area (Å²) < 4.78 is 12.9. The van der Waals surface area contributed by atoms with E-state index in [4.69, 9.17) is 5.11 Å². The van der Waals surface area contributed by atoms with Crippen LogP contribution in [0.25, 0.3) is 0 Å². The van der Waals surface area contributed by atoms with Crippen molar-refractivity contribution in [3.63, 3.8) is 0 Å². The van der Waals surface area contributed by atoms with Crippen LogP contribution in [-0.2, 0) is 4.79 Å². The van der Waals surface area contributed by atoms with Gasteiger partial charge in [-0.3, -0.25) is 9.79 Å². The van der Waals surface area contributed by atoms with Gasteiger partial charge in [0.1, 0.15) is 12.4 Å². The molecule has 1 rings (SSSR count). The standard InChI is InChI=1S/C11H12FNO2/c1-7-5-9(3-4-10(7)12)8(2)13-6-11(14)15/h3-5H,6H2,1-2H3,(H,14,15). The summed E-state index contributed by atoms with van der Waals surface area (Å²) in [4.78, 5) is 14.1. The van der Waals surface area contributed by atoms with Crippen LogP contribution < -0.4 is 0 Å². The number of rotatable bonds is 3. The molecule has 1 aromatic rings. The van der Waals surface area contributed by atoms with Gasteiger partial charge in [0.05, 0.1) is 0 Å². The third-order valence-corrected chi connectivity index (χ3v) is 2.03. The number of carbonyl (C=O) groups is 1. The largest absolute Gasteiger partial charge is 0.480 e. The lowest BCUT2D eigenvalue weighted by atomic mass is 10.1. The highest BCUT2D eigenvalue weighted by Gasteiger charge is 2.02. The minimum absolute atomic E-state index is 0.262. The third kappa shape index (κ3) is 3.16. The molecule has 3 nitrogen and oxygen atoms in total. The molecule has 0 fully saturated rings. The number of hydrogen-bond donors (Lipinski definition) is 1. The maximum absolute atomic E-state index is 12.9. The van der Waals surface area contributed by atoms with Crippen LogP contribution in [0.15, 0.2) is 23.2 Å². The van der Waals surface area contributed by atoms with Crippen molar-refractivity contribution in [2.45, 2.75) is 13.8 Å². The van der Waals surface area contributed by atoms with Crippen LogP contribution >= 0.6 is 0 Å². The number of aliphatic imine (C=N–C) groups is 1. The minimum Gasteiger partial charge on any atom is -0.480 e. The molecular formula is C11H12FNO2. The Bertz CT molecular complexity index is 413. The van der Waals surface area contributed by atoms with Gasteiger partial charge in [-0.2, -0.15) is 0 Å². The first-order valence-corrected chi connectivity index (χ1v) is 4.50. The number of hydrogen-bond acceptors (Lipinski definition) is 2. The van der Waals surface area contributed by atoms with E-state index in [9.17, 15) is 9.18 Å². The maximum atomic E-state index is 12.9. The second-order valence-corrected chi connectivity index (χ2v) is 3.26. The molecule has 80 valence electrons. The van der Waals surface area contributed by atoms with E-state index in [0.717, 1.165) is 5.56 Å². The van der Waals surface area contributed by atoms with Crippen molar-refractivity contribution in [1.29, 1.82) is 0 Å². The van der Waals surface area contributed by atoms with Crippen LogP contribution in [0.4, 0.5) is 4.39 Å². The van der Waals surface area contributed by atoms with Crippen molar-refractivity contribution < 1.29 is 14.3 Å². The number of halogens is 1. The van der Waals surface area contributed by atoms with Gasteiger partial charge < -0.3 is 5.11 Å². The molecule has 0 radical (unpaired) electrons. The Hall–Kier alpha value is -1.71. The van der Waals surface area contributed by atoms with Crippen LogP contribution in [0.5, 0.6) is 0 Å². The molecule has 1 N–H and O–H groups in total. The number of carboxylic acids is 1. The van der Waals surface area contributed by atoms with Crippen molar-refractivity contribution in [1.82, 2.24) is 0 Å². The van der Waals surface area contributed by atoms with E-state index in [-0.39, 0.29) is 12.4 Å². The summed E-state index contributed by atoms with van der Waals surface area (Å²) in [6.45, 7) is 3.10. The molecular weight excluding hydrogens is 197 g/mol. The predicted molar refractivity (Wildman–Crippen MR) is 55.9 cm³/mol. The Labute approximate surface area is 87.3 Å². The molecule has 0 saturated heterocycles. The zero-order chi connectivity index (χ0) is 11.4. The van der Waals surface area contributed by atoms with Crippen LogP contribution in [0.3, 0.4) is 0 Å². The summed E-state index contributed by atoms with van der Waals surface area (Å²) in [6, 6.07) is 4.59. The van der Waals surface area contributed by atoms with Crippen LogP contribution in [0.2, 0.25) is 0 Å². The molecule has 0 atom stereocenters. The van der Waals surface area contributed by atoms with Crippen LogP contribution in [0, 0.1) is 12.7 Å². The first-order chi connectivity index (χ1) is 7.00. The fourth-order valence-corrected chi connectivity index (χ4v) is 1.15. The molecule has 0 aliphatic heterocycles. The summed E-state index contributed by atoms with van der Waals surface area (Å²) in [7, 11) is 0. The van der Waals surface area contributed by atoms with Crippen molar-refractivity contribution in [3.8, 4) is 0 Å². The topological polar surface area (TPSA) is 49.7 Å². The molecule has 0 unspecified atom stereocenters. The normalized spacial score (nSPS) is 11.5. The maximum Gasteiger partial charge on any atom is 0.325 e. The molecule has 0 saturated carbocycles. The fourth-order valence-electron chi connectivity index (χ4n) is 1.15. The highest BCUT2D eigenvalue weighted by atomic mass is 19.1. The number of aryl methyl sites for hydroxylation is 1. The molecule has 0 heterocycles. The molecule has 0 aliphatic carbocycles. The second kappa shape index (κ2) is 4.68. The first-order valence-electron chi connectivity index (χ1n) is 4.50. The minimum atomic E-state index is -0.979. The number of aliphatic carboxylic acids is 1. The lowest BCUT2D eigenvalue weighted by Crippen LogP contribution is -2.04. The average molecular weight is 209 g/mol. The molecule has 0 bridgehead atoms. The number of carboxylic acid groups (broad SMARTS) is 1. The molecule has 1 aromatic carbocycles. The Kier molecular flexibility index (Phi) is 3.55. The summed E-state index contributed by atoms with van der Waals surface area (Å²) in [5.41, 5.74) is 1.87. The molecule has 0 amide bonds. The molecule has 4 heteroatoms.